The molecule has 2 aromatic heterocycles. The van der Waals surface area contributed by atoms with Gasteiger partial charge in [-0.15, -0.1) is 22.7 Å². The van der Waals surface area contributed by atoms with Gasteiger partial charge in [-0.05, 0) is 64.2 Å². The first-order valence-corrected chi connectivity index (χ1v) is 14.9. The SMILES string of the molecule is N#Cc1ccccc1-c1cc(-c2cccc3sc4ccccc4c23)ccc1-c1ccc2c(c1)sc1ccccc12. The lowest BCUT2D eigenvalue weighted by Gasteiger charge is -2.15. The second kappa shape index (κ2) is 9.17. The Morgan fingerprint density at radius 1 is 0.425 bits per heavy atom. The Morgan fingerprint density at radius 3 is 1.93 bits per heavy atom. The van der Waals surface area contributed by atoms with Gasteiger partial charge in [0.2, 0.25) is 0 Å². The van der Waals surface area contributed by atoms with E-state index in [4.69, 9.17) is 0 Å². The van der Waals surface area contributed by atoms with Crippen LogP contribution in [0.25, 0.3) is 73.7 Å². The smallest absolute Gasteiger partial charge is 0.0998 e. The molecule has 0 saturated carbocycles. The molecule has 186 valence electrons. The van der Waals surface area contributed by atoms with E-state index in [-0.39, 0.29) is 0 Å². The summed E-state index contributed by atoms with van der Waals surface area (Å²) in [6.07, 6.45) is 0. The van der Waals surface area contributed by atoms with Crippen LogP contribution in [0.5, 0.6) is 0 Å². The maximum Gasteiger partial charge on any atom is 0.0998 e. The van der Waals surface area contributed by atoms with Gasteiger partial charge in [-0.25, -0.2) is 0 Å². The minimum atomic E-state index is 0.683. The van der Waals surface area contributed by atoms with Crippen LogP contribution in [0, 0.1) is 11.3 Å². The number of benzene rings is 6. The fourth-order valence-corrected chi connectivity index (χ4v) is 8.19. The van der Waals surface area contributed by atoms with Crippen molar-refractivity contribution < 1.29 is 0 Å². The third-order valence-corrected chi connectivity index (χ3v) is 10.0. The van der Waals surface area contributed by atoms with E-state index in [2.05, 4.69) is 115 Å². The summed E-state index contributed by atoms with van der Waals surface area (Å²) in [5.41, 5.74) is 7.39. The van der Waals surface area contributed by atoms with Gasteiger partial charge in [-0.1, -0.05) is 91.0 Å². The van der Waals surface area contributed by atoms with Gasteiger partial charge in [0, 0.05) is 45.9 Å². The summed E-state index contributed by atoms with van der Waals surface area (Å²) in [5.74, 6) is 0. The largest absolute Gasteiger partial charge is 0.192 e. The molecule has 0 N–H and O–H groups in total. The first-order valence-electron chi connectivity index (χ1n) is 13.2. The molecule has 3 heteroatoms. The van der Waals surface area contributed by atoms with Crippen molar-refractivity contribution in [2.45, 2.75) is 0 Å². The van der Waals surface area contributed by atoms with Crippen molar-refractivity contribution >= 4 is 63.0 Å². The molecule has 0 unspecified atom stereocenters. The van der Waals surface area contributed by atoms with Crippen molar-refractivity contribution in [3.63, 3.8) is 0 Å². The van der Waals surface area contributed by atoms with E-state index in [1.165, 1.54) is 45.9 Å². The third-order valence-electron chi connectivity index (χ3n) is 7.76. The molecule has 0 amide bonds. The highest BCUT2D eigenvalue weighted by atomic mass is 32.1. The molecule has 8 rings (SSSR count). The number of nitriles is 1. The molecule has 0 radical (unpaired) electrons. The van der Waals surface area contributed by atoms with Gasteiger partial charge in [0.05, 0.1) is 11.6 Å². The first kappa shape index (κ1) is 23.2. The standard InChI is InChI=1S/C37H21NS2/c38-22-25-8-1-2-9-26(25)32-20-23(28-12-7-15-35-37(28)31-11-4-6-14-34(31)39-35)16-18-27(32)24-17-19-30-29-10-3-5-13-33(29)40-36(30)21-24/h1-21H. The number of hydrogen-bond acceptors (Lipinski definition) is 3. The normalized spacial score (nSPS) is 11.5. The average molecular weight is 544 g/mol. The van der Waals surface area contributed by atoms with E-state index in [1.807, 2.05) is 40.9 Å². The quantitative estimate of drug-likeness (QED) is 0.217. The molecule has 0 aliphatic carbocycles. The zero-order valence-corrected chi connectivity index (χ0v) is 23.0. The van der Waals surface area contributed by atoms with Crippen LogP contribution in [0.2, 0.25) is 0 Å². The van der Waals surface area contributed by atoms with Crippen molar-refractivity contribution in [2.75, 3.05) is 0 Å². The second-order valence-corrected chi connectivity index (χ2v) is 12.2. The maximum atomic E-state index is 10.0. The Balaban J connectivity index is 1.39. The summed E-state index contributed by atoms with van der Waals surface area (Å²) < 4.78 is 5.16. The minimum absolute atomic E-state index is 0.683. The Labute approximate surface area is 239 Å². The average Bonchev–Trinajstić information content (AvgIpc) is 3.58. The van der Waals surface area contributed by atoms with E-state index in [0.717, 1.165) is 27.8 Å². The van der Waals surface area contributed by atoms with Gasteiger partial charge in [0.25, 0.3) is 0 Å². The molecule has 1 nitrogen and oxygen atoms in total. The van der Waals surface area contributed by atoms with E-state index < -0.39 is 0 Å². The minimum Gasteiger partial charge on any atom is -0.192 e. The molecule has 6 aromatic carbocycles. The molecule has 0 atom stereocenters. The third kappa shape index (κ3) is 3.58. The highest BCUT2D eigenvalue weighted by molar-refractivity contribution is 7.26. The van der Waals surface area contributed by atoms with Crippen molar-refractivity contribution in [3.05, 3.63) is 133 Å². The maximum absolute atomic E-state index is 10.0. The van der Waals surface area contributed by atoms with Crippen molar-refractivity contribution in [2.24, 2.45) is 0 Å². The lowest BCUT2D eigenvalue weighted by atomic mass is 9.88. The van der Waals surface area contributed by atoms with Gasteiger partial charge < -0.3 is 0 Å². The van der Waals surface area contributed by atoms with Crippen LogP contribution in [0.1, 0.15) is 5.56 Å². The molecule has 0 bridgehead atoms. The van der Waals surface area contributed by atoms with Crippen molar-refractivity contribution in [3.8, 4) is 39.4 Å². The Kier molecular flexibility index (Phi) is 5.31. The molecule has 8 aromatic rings. The summed E-state index contributed by atoms with van der Waals surface area (Å²) in [6, 6.07) is 47.7. The Hall–Kier alpha value is -4.75. The number of rotatable bonds is 3. The molecule has 2 heterocycles. The van der Waals surface area contributed by atoms with Crippen LogP contribution in [-0.4, -0.2) is 0 Å². The van der Waals surface area contributed by atoms with E-state index in [9.17, 15) is 5.26 Å². The lowest BCUT2D eigenvalue weighted by Crippen LogP contribution is -1.91. The molecule has 0 fully saturated rings. The summed E-state index contributed by atoms with van der Waals surface area (Å²) in [6.45, 7) is 0. The summed E-state index contributed by atoms with van der Waals surface area (Å²) in [7, 11) is 0. The monoisotopic (exact) mass is 543 g/mol. The van der Waals surface area contributed by atoms with Crippen LogP contribution in [0.4, 0.5) is 0 Å². The Morgan fingerprint density at radius 2 is 1.05 bits per heavy atom. The number of nitrogens with zero attached hydrogens (tertiary/aromatic N) is 1. The second-order valence-electron chi connectivity index (χ2n) is 10.0. The fourth-order valence-electron chi connectivity index (χ4n) is 5.91. The molecule has 0 spiro atoms. The number of fused-ring (bicyclic) bond motifs is 6. The highest BCUT2D eigenvalue weighted by Gasteiger charge is 2.17. The van der Waals surface area contributed by atoms with Gasteiger partial charge >= 0.3 is 0 Å². The Bertz CT molecular complexity index is 2290. The number of hydrogen-bond donors (Lipinski definition) is 0. The van der Waals surface area contributed by atoms with Crippen LogP contribution in [0.3, 0.4) is 0 Å². The predicted molar refractivity (Wildman–Crippen MR) is 173 cm³/mol. The van der Waals surface area contributed by atoms with E-state index in [1.54, 1.807) is 0 Å². The van der Waals surface area contributed by atoms with Gasteiger partial charge in [0.15, 0.2) is 0 Å². The zero-order chi connectivity index (χ0) is 26.6. The lowest BCUT2D eigenvalue weighted by molar-refractivity contribution is 1.48. The molecule has 0 saturated heterocycles. The van der Waals surface area contributed by atoms with Gasteiger partial charge in [0.1, 0.15) is 0 Å². The summed E-state index contributed by atoms with van der Waals surface area (Å²) >= 11 is 3.67. The summed E-state index contributed by atoms with van der Waals surface area (Å²) in [5, 5.41) is 15.2. The predicted octanol–water partition coefficient (Wildman–Crippen LogP) is 11.3. The van der Waals surface area contributed by atoms with E-state index in [0.29, 0.717) is 5.56 Å². The molecular weight excluding hydrogens is 523 g/mol. The molecule has 0 aliphatic rings. The van der Waals surface area contributed by atoms with Crippen LogP contribution >= 0.6 is 22.7 Å². The van der Waals surface area contributed by atoms with Crippen LogP contribution in [0.15, 0.2) is 127 Å². The van der Waals surface area contributed by atoms with Gasteiger partial charge in [-0.3, -0.25) is 0 Å². The van der Waals surface area contributed by atoms with Crippen molar-refractivity contribution in [1.29, 1.82) is 5.26 Å². The molecular formula is C37H21NS2. The zero-order valence-electron chi connectivity index (χ0n) is 21.4. The number of thiophene rings is 2. The fraction of sp³-hybridized carbons (Fsp3) is 0. The van der Waals surface area contributed by atoms with Crippen molar-refractivity contribution in [1.82, 2.24) is 0 Å². The molecule has 0 aliphatic heterocycles. The van der Waals surface area contributed by atoms with E-state index >= 15 is 0 Å². The first-order chi connectivity index (χ1) is 19.8. The summed E-state index contributed by atoms with van der Waals surface area (Å²) in [4.78, 5) is 0. The van der Waals surface area contributed by atoms with Crippen LogP contribution in [-0.2, 0) is 0 Å². The molecule has 40 heavy (non-hydrogen) atoms. The highest BCUT2D eigenvalue weighted by Crippen LogP contribution is 2.44. The topological polar surface area (TPSA) is 23.8 Å². The van der Waals surface area contributed by atoms with Crippen LogP contribution < -0.4 is 0 Å². The van der Waals surface area contributed by atoms with Gasteiger partial charge in [-0.2, -0.15) is 5.26 Å².